The predicted octanol–water partition coefficient (Wildman–Crippen LogP) is 1.63. The highest BCUT2D eigenvalue weighted by atomic mass is 15.3. The molecule has 0 aromatic rings. The first-order valence-corrected chi connectivity index (χ1v) is 5.76. The molecule has 1 aliphatic carbocycles. The van der Waals surface area contributed by atoms with E-state index in [0.717, 1.165) is 19.0 Å². The standard InChI is InChI=1S/C12H22N2/c1-4-7-14-8-10(2)13-9-12(14,3)11-5-6-11/h4,10-11,13H,1,5-9H2,2-3H3. The summed E-state index contributed by atoms with van der Waals surface area (Å²) in [4.78, 5) is 2.61. The molecule has 2 unspecified atom stereocenters. The van der Waals surface area contributed by atoms with Crippen LogP contribution in [-0.4, -0.2) is 36.1 Å². The summed E-state index contributed by atoms with van der Waals surface area (Å²) in [5.41, 5.74) is 0.390. The van der Waals surface area contributed by atoms with Crippen LogP contribution in [-0.2, 0) is 0 Å². The van der Waals surface area contributed by atoms with Crippen molar-refractivity contribution in [3.05, 3.63) is 12.7 Å². The fourth-order valence-corrected chi connectivity index (χ4v) is 2.64. The van der Waals surface area contributed by atoms with Crippen LogP contribution >= 0.6 is 0 Å². The van der Waals surface area contributed by atoms with Gasteiger partial charge in [0.1, 0.15) is 0 Å². The third kappa shape index (κ3) is 1.73. The largest absolute Gasteiger partial charge is 0.311 e. The Kier molecular flexibility index (Phi) is 2.67. The van der Waals surface area contributed by atoms with Gasteiger partial charge in [0.15, 0.2) is 0 Å². The Morgan fingerprint density at radius 3 is 2.86 bits per heavy atom. The van der Waals surface area contributed by atoms with Crippen LogP contribution in [0.25, 0.3) is 0 Å². The van der Waals surface area contributed by atoms with Gasteiger partial charge in [-0.05, 0) is 32.6 Å². The summed E-state index contributed by atoms with van der Waals surface area (Å²) in [6, 6.07) is 0.627. The van der Waals surface area contributed by atoms with Crippen molar-refractivity contribution in [3.63, 3.8) is 0 Å². The molecule has 0 aromatic carbocycles. The van der Waals surface area contributed by atoms with Crippen LogP contribution < -0.4 is 5.32 Å². The molecule has 2 aliphatic rings. The number of hydrogen-bond acceptors (Lipinski definition) is 2. The Bertz CT molecular complexity index is 222. The first-order chi connectivity index (χ1) is 6.66. The van der Waals surface area contributed by atoms with Gasteiger partial charge in [-0.3, -0.25) is 4.90 Å². The van der Waals surface area contributed by atoms with Crippen LogP contribution in [0.5, 0.6) is 0 Å². The van der Waals surface area contributed by atoms with E-state index in [1.54, 1.807) is 0 Å². The van der Waals surface area contributed by atoms with Crippen molar-refractivity contribution in [2.45, 2.75) is 38.3 Å². The van der Waals surface area contributed by atoms with Crippen molar-refractivity contribution >= 4 is 0 Å². The molecule has 2 atom stereocenters. The molecule has 0 spiro atoms. The molecule has 2 heteroatoms. The average Bonchev–Trinajstić information content (AvgIpc) is 2.95. The first-order valence-electron chi connectivity index (χ1n) is 5.76. The fraction of sp³-hybridized carbons (Fsp3) is 0.833. The fourth-order valence-electron chi connectivity index (χ4n) is 2.64. The van der Waals surface area contributed by atoms with E-state index in [-0.39, 0.29) is 0 Å². The van der Waals surface area contributed by atoms with Gasteiger partial charge in [0.2, 0.25) is 0 Å². The lowest BCUT2D eigenvalue weighted by atomic mass is 9.90. The van der Waals surface area contributed by atoms with E-state index < -0.39 is 0 Å². The summed E-state index contributed by atoms with van der Waals surface area (Å²) in [5, 5.41) is 3.61. The number of nitrogens with one attached hydrogen (secondary N) is 1. The molecule has 2 nitrogen and oxygen atoms in total. The maximum Gasteiger partial charge on any atom is 0.0337 e. The lowest BCUT2D eigenvalue weighted by Crippen LogP contribution is -2.63. The summed E-state index contributed by atoms with van der Waals surface area (Å²) >= 11 is 0. The number of nitrogens with zero attached hydrogens (tertiary/aromatic N) is 1. The molecule has 2 fully saturated rings. The van der Waals surface area contributed by atoms with Crippen molar-refractivity contribution in [2.75, 3.05) is 19.6 Å². The van der Waals surface area contributed by atoms with Crippen LogP contribution in [0.2, 0.25) is 0 Å². The molecule has 80 valence electrons. The smallest absolute Gasteiger partial charge is 0.0337 e. The SMILES string of the molecule is C=CCN1CC(C)NCC1(C)C1CC1. The van der Waals surface area contributed by atoms with Gasteiger partial charge in [0.05, 0.1) is 0 Å². The second-order valence-electron chi connectivity index (χ2n) is 5.11. The maximum absolute atomic E-state index is 3.86. The van der Waals surface area contributed by atoms with Crippen molar-refractivity contribution in [1.82, 2.24) is 10.2 Å². The number of rotatable bonds is 3. The molecule has 14 heavy (non-hydrogen) atoms. The monoisotopic (exact) mass is 194 g/mol. The molecule has 1 heterocycles. The molecule has 1 aliphatic heterocycles. The van der Waals surface area contributed by atoms with Crippen LogP contribution in [0.3, 0.4) is 0 Å². The molecule has 1 N–H and O–H groups in total. The van der Waals surface area contributed by atoms with Crippen LogP contribution in [0.15, 0.2) is 12.7 Å². The first kappa shape index (κ1) is 10.2. The van der Waals surface area contributed by atoms with E-state index in [1.807, 2.05) is 6.08 Å². The molecule has 1 saturated heterocycles. The Morgan fingerprint density at radius 1 is 1.57 bits per heavy atom. The van der Waals surface area contributed by atoms with E-state index in [0.29, 0.717) is 11.6 Å². The van der Waals surface area contributed by atoms with Gasteiger partial charge in [-0.25, -0.2) is 0 Å². The zero-order valence-corrected chi connectivity index (χ0v) is 9.42. The average molecular weight is 194 g/mol. The zero-order chi connectivity index (χ0) is 10.2. The molecule has 0 amide bonds. The number of piperazine rings is 1. The minimum absolute atomic E-state index is 0.390. The maximum atomic E-state index is 3.86. The molecule has 2 rings (SSSR count). The van der Waals surface area contributed by atoms with Crippen molar-refractivity contribution < 1.29 is 0 Å². The minimum atomic E-state index is 0.390. The van der Waals surface area contributed by atoms with Gasteiger partial charge >= 0.3 is 0 Å². The Balaban J connectivity index is 2.08. The van der Waals surface area contributed by atoms with Crippen molar-refractivity contribution in [1.29, 1.82) is 0 Å². The Morgan fingerprint density at radius 2 is 2.29 bits per heavy atom. The normalized spacial score (nSPS) is 39.7. The van der Waals surface area contributed by atoms with E-state index in [9.17, 15) is 0 Å². The van der Waals surface area contributed by atoms with E-state index in [2.05, 4.69) is 30.6 Å². The van der Waals surface area contributed by atoms with Gasteiger partial charge in [-0.2, -0.15) is 0 Å². The second kappa shape index (κ2) is 3.67. The summed E-state index contributed by atoms with van der Waals surface area (Å²) in [7, 11) is 0. The molecule has 0 bridgehead atoms. The highest BCUT2D eigenvalue weighted by molar-refractivity contribution is 5.05. The van der Waals surface area contributed by atoms with E-state index >= 15 is 0 Å². The summed E-state index contributed by atoms with van der Waals surface area (Å²) in [6.45, 7) is 11.9. The number of hydrogen-bond donors (Lipinski definition) is 1. The van der Waals surface area contributed by atoms with Gasteiger partial charge in [-0.15, -0.1) is 6.58 Å². The lowest BCUT2D eigenvalue weighted by Gasteiger charge is -2.47. The third-order valence-corrected chi connectivity index (χ3v) is 3.83. The van der Waals surface area contributed by atoms with Crippen molar-refractivity contribution in [2.24, 2.45) is 5.92 Å². The Hall–Kier alpha value is -0.340. The molecular weight excluding hydrogens is 172 g/mol. The Labute approximate surface area is 87.4 Å². The lowest BCUT2D eigenvalue weighted by molar-refractivity contribution is 0.0496. The molecule has 0 aromatic heterocycles. The summed E-state index contributed by atoms with van der Waals surface area (Å²) in [5.74, 6) is 0.919. The van der Waals surface area contributed by atoms with E-state index in [1.165, 1.54) is 19.4 Å². The highest BCUT2D eigenvalue weighted by Crippen LogP contribution is 2.43. The quantitative estimate of drug-likeness (QED) is 0.687. The van der Waals surface area contributed by atoms with Crippen LogP contribution in [0.4, 0.5) is 0 Å². The van der Waals surface area contributed by atoms with E-state index in [4.69, 9.17) is 0 Å². The minimum Gasteiger partial charge on any atom is -0.311 e. The zero-order valence-electron chi connectivity index (χ0n) is 9.42. The highest BCUT2D eigenvalue weighted by Gasteiger charge is 2.47. The van der Waals surface area contributed by atoms with Crippen molar-refractivity contribution in [3.8, 4) is 0 Å². The molecule has 1 saturated carbocycles. The van der Waals surface area contributed by atoms with Gasteiger partial charge in [-0.1, -0.05) is 6.08 Å². The van der Waals surface area contributed by atoms with Gasteiger partial charge < -0.3 is 5.32 Å². The van der Waals surface area contributed by atoms with Crippen LogP contribution in [0, 0.1) is 5.92 Å². The molecular formula is C12H22N2. The predicted molar refractivity (Wildman–Crippen MR) is 60.4 cm³/mol. The van der Waals surface area contributed by atoms with Gasteiger partial charge in [0.25, 0.3) is 0 Å². The molecule has 0 radical (unpaired) electrons. The van der Waals surface area contributed by atoms with Gasteiger partial charge in [0, 0.05) is 31.2 Å². The summed E-state index contributed by atoms with van der Waals surface area (Å²) in [6.07, 6.45) is 4.87. The second-order valence-corrected chi connectivity index (χ2v) is 5.11. The third-order valence-electron chi connectivity index (χ3n) is 3.83. The topological polar surface area (TPSA) is 15.3 Å². The van der Waals surface area contributed by atoms with Crippen LogP contribution in [0.1, 0.15) is 26.7 Å². The summed E-state index contributed by atoms with van der Waals surface area (Å²) < 4.78 is 0.